The van der Waals surface area contributed by atoms with Crippen molar-refractivity contribution in [3.8, 4) is 11.1 Å². The van der Waals surface area contributed by atoms with Crippen LogP contribution in [0.5, 0.6) is 0 Å². The van der Waals surface area contributed by atoms with Crippen LogP contribution in [-0.2, 0) is 21.0 Å². The van der Waals surface area contributed by atoms with Crippen LogP contribution >= 0.6 is 0 Å². The molecule has 4 rings (SSSR count). The van der Waals surface area contributed by atoms with Gasteiger partial charge in [0.2, 0.25) is 5.91 Å². The monoisotopic (exact) mass is 474 g/mol. The number of sulfonamides is 1. The van der Waals surface area contributed by atoms with E-state index in [2.05, 4.69) is 5.32 Å². The number of alkyl halides is 3. The predicted molar refractivity (Wildman–Crippen MR) is 121 cm³/mol. The van der Waals surface area contributed by atoms with Crippen molar-refractivity contribution in [2.75, 3.05) is 16.2 Å². The minimum atomic E-state index is -4.56. The van der Waals surface area contributed by atoms with Crippen molar-refractivity contribution in [2.45, 2.75) is 30.8 Å². The van der Waals surface area contributed by atoms with Gasteiger partial charge in [-0.3, -0.25) is 9.10 Å². The van der Waals surface area contributed by atoms with Crippen LogP contribution in [0.15, 0.2) is 71.6 Å². The summed E-state index contributed by atoms with van der Waals surface area (Å²) in [7, 11) is -4.06. The number of carbonyl (C=O) groups is 1. The summed E-state index contributed by atoms with van der Waals surface area (Å²) in [6.07, 6.45) is -4.56. The predicted octanol–water partition coefficient (Wildman–Crippen LogP) is 5.64. The number of anilines is 2. The number of nitrogens with zero attached hydrogens (tertiary/aromatic N) is 1. The zero-order valence-corrected chi connectivity index (χ0v) is 18.7. The van der Waals surface area contributed by atoms with Crippen molar-refractivity contribution in [1.29, 1.82) is 0 Å². The number of rotatable bonds is 4. The number of carbonyl (C=O) groups excluding carboxylic acids is 1. The molecular weight excluding hydrogens is 453 g/mol. The molecule has 172 valence electrons. The highest BCUT2D eigenvalue weighted by Crippen LogP contribution is 2.44. The number of hydrogen-bond donors (Lipinski definition) is 1. The minimum Gasteiger partial charge on any atom is -0.325 e. The van der Waals surface area contributed by atoms with Gasteiger partial charge in [0.25, 0.3) is 10.0 Å². The molecule has 3 aromatic rings. The molecule has 0 radical (unpaired) electrons. The Kier molecular flexibility index (Phi) is 5.69. The van der Waals surface area contributed by atoms with Crippen LogP contribution < -0.4 is 9.62 Å². The first-order valence-corrected chi connectivity index (χ1v) is 11.7. The molecule has 9 heteroatoms. The summed E-state index contributed by atoms with van der Waals surface area (Å²) in [6, 6.07) is 16.1. The summed E-state index contributed by atoms with van der Waals surface area (Å²) < 4.78 is 66.6. The summed E-state index contributed by atoms with van der Waals surface area (Å²) in [5.41, 5.74) is 1.60. The topological polar surface area (TPSA) is 66.5 Å². The number of amides is 1. The highest BCUT2D eigenvalue weighted by atomic mass is 32.2. The van der Waals surface area contributed by atoms with Crippen LogP contribution in [0, 0.1) is 0 Å². The Labute approximate surface area is 189 Å². The van der Waals surface area contributed by atoms with Crippen molar-refractivity contribution in [3.05, 3.63) is 77.9 Å². The summed E-state index contributed by atoms with van der Waals surface area (Å²) in [4.78, 5) is 12.8. The molecule has 0 saturated heterocycles. The molecule has 1 amide bonds. The van der Waals surface area contributed by atoms with Gasteiger partial charge in [-0.2, -0.15) is 13.2 Å². The van der Waals surface area contributed by atoms with E-state index >= 15 is 0 Å². The van der Waals surface area contributed by atoms with E-state index in [1.807, 2.05) is 26.0 Å². The lowest BCUT2D eigenvalue weighted by Gasteiger charge is -2.32. The summed E-state index contributed by atoms with van der Waals surface area (Å²) in [5.74, 6) is -0.546. The van der Waals surface area contributed by atoms with Gasteiger partial charge in [-0.05, 0) is 47.9 Å². The lowest BCUT2D eigenvalue weighted by molar-refractivity contribution is -0.137. The van der Waals surface area contributed by atoms with Gasteiger partial charge in [0.05, 0.1) is 16.1 Å². The van der Waals surface area contributed by atoms with E-state index in [9.17, 15) is 26.4 Å². The fraction of sp³-hybridized carbons (Fsp3) is 0.208. The molecular formula is C24H21F3N2O3S. The quantitative estimate of drug-likeness (QED) is 0.532. The first-order valence-electron chi connectivity index (χ1n) is 10.2. The summed E-state index contributed by atoms with van der Waals surface area (Å²) in [5, 5.41) is 2.38. The maximum absolute atomic E-state index is 13.4. The second-order valence-corrected chi connectivity index (χ2v) is 9.90. The van der Waals surface area contributed by atoms with Gasteiger partial charge in [0, 0.05) is 16.8 Å². The molecule has 0 spiro atoms. The Balaban J connectivity index is 1.70. The van der Waals surface area contributed by atoms with E-state index in [1.54, 1.807) is 24.3 Å². The van der Waals surface area contributed by atoms with E-state index in [0.717, 1.165) is 22.0 Å². The van der Waals surface area contributed by atoms with Gasteiger partial charge in [-0.15, -0.1) is 0 Å². The molecule has 0 aromatic heterocycles. The molecule has 0 fully saturated rings. The largest absolute Gasteiger partial charge is 0.416 e. The lowest BCUT2D eigenvalue weighted by Crippen LogP contribution is -2.40. The van der Waals surface area contributed by atoms with Crippen LogP contribution in [0.4, 0.5) is 24.5 Å². The normalized spacial score (nSPS) is 14.5. The molecule has 5 nitrogen and oxygen atoms in total. The first kappa shape index (κ1) is 22.8. The SMILES string of the molecule is CC(C)c1ccc2c(c1)-c1ccccc1S(=O)(=O)N2CC(=O)Nc1cccc(C(F)(F)F)c1. The molecule has 1 aliphatic rings. The van der Waals surface area contributed by atoms with Gasteiger partial charge in [0.1, 0.15) is 6.54 Å². The Bertz CT molecular complexity index is 1330. The molecule has 0 aliphatic carbocycles. The van der Waals surface area contributed by atoms with Gasteiger partial charge < -0.3 is 5.32 Å². The highest BCUT2D eigenvalue weighted by molar-refractivity contribution is 7.93. The van der Waals surface area contributed by atoms with Crippen molar-refractivity contribution >= 4 is 27.3 Å². The average molecular weight is 475 g/mol. The van der Waals surface area contributed by atoms with Gasteiger partial charge in [-0.1, -0.05) is 44.2 Å². The van der Waals surface area contributed by atoms with E-state index in [0.29, 0.717) is 16.8 Å². The maximum Gasteiger partial charge on any atom is 0.416 e. The number of halogens is 3. The molecule has 1 aliphatic heterocycles. The van der Waals surface area contributed by atoms with Gasteiger partial charge in [-0.25, -0.2) is 8.42 Å². The standard InChI is InChI=1S/C24H21F3N2O3S/c1-15(2)16-10-11-21-20(12-16)19-8-3-4-9-22(19)33(31,32)29(21)14-23(30)28-18-7-5-6-17(13-18)24(25,26)27/h3-13,15H,14H2,1-2H3,(H,28,30). The fourth-order valence-electron chi connectivity index (χ4n) is 3.78. The second kappa shape index (κ2) is 8.22. The third kappa shape index (κ3) is 4.32. The number of nitrogens with one attached hydrogen (secondary N) is 1. The molecule has 33 heavy (non-hydrogen) atoms. The van der Waals surface area contributed by atoms with Gasteiger partial charge >= 0.3 is 6.18 Å². The third-order valence-electron chi connectivity index (χ3n) is 5.46. The molecule has 0 bridgehead atoms. The van der Waals surface area contributed by atoms with E-state index in [-0.39, 0.29) is 16.5 Å². The van der Waals surface area contributed by atoms with Gasteiger partial charge in [0.15, 0.2) is 0 Å². The molecule has 1 heterocycles. The summed E-state index contributed by atoms with van der Waals surface area (Å²) >= 11 is 0. The Morgan fingerprint density at radius 3 is 2.39 bits per heavy atom. The molecule has 1 N–H and O–H groups in total. The van der Waals surface area contributed by atoms with Crippen LogP contribution in [0.1, 0.15) is 30.9 Å². The average Bonchev–Trinajstić information content (AvgIpc) is 2.76. The summed E-state index contributed by atoms with van der Waals surface area (Å²) in [6.45, 7) is 3.46. The number of benzene rings is 3. The zero-order valence-electron chi connectivity index (χ0n) is 17.8. The number of hydrogen-bond acceptors (Lipinski definition) is 3. The van der Waals surface area contributed by atoms with Crippen molar-refractivity contribution in [3.63, 3.8) is 0 Å². The van der Waals surface area contributed by atoms with Crippen molar-refractivity contribution in [2.24, 2.45) is 0 Å². The fourth-order valence-corrected chi connectivity index (χ4v) is 5.43. The van der Waals surface area contributed by atoms with Crippen molar-refractivity contribution < 1.29 is 26.4 Å². The lowest BCUT2D eigenvalue weighted by atomic mass is 9.95. The first-order chi connectivity index (χ1) is 15.5. The second-order valence-electron chi connectivity index (χ2n) is 8.07. The van der Waals surface area contributed by atoms with E-state index in [1.165, 1.54) is 18.2 Å². The Morgan fingerprint density at radius 1 is 0.970 bits per heavy atom. The smallest absolute Gasteiger partial charge is 0.325 e. The van der Waals surface area contributed by atoms with Crippen molar-refractivity contribution in [1.82, 2.24) is 0 Å². The van der Waals surface area contributed by atoms with Crippen LogP contribution in [0.2, 0.25) is 0 Å². The molecule has 3 aromatic carbocycles. The van der Waals surface area contributed by atoms with Crippen LogP contribution in [0.25, 0.3) is 11.1 Å². The zero-order chi connectivity index (χ0) is 24.0. The minimum absolute atomic E-state index is 0.0694. The number of fused-ring (bicyclic) bond motifs is 3. The molecule has 0 saturated carbocycles. The maximum atomic E-state index is 13.4. The molecule has 0 atom stereocenters. The third-order valence-corrected chi connectivity index (χ3v) is 7.28. The van der Waals surface area contributed by atoms with E-state index in [4.69, 9.17) is 0 Å². The van der Waals surface area contributed by atoms with Crippen LogP contribution in [0.3, 0.4) is 0 Å². The molecule has 0 unspecified atom stereocenters. The highest BCUT2D eigenvalue weighted by Gasteiger charge is 2.36. The Hall–Kier alpha value is -3.33. The van der Waals surface area contributed by atoms with E-state index < -0.39 is 34.2 Å². The van der Waals surface area contributed by atoms with Crippen LogP contribution in [-0.4, -0.2) is 20.9 Å². The Morgan fingerprint density at radius 2 is 1.70 bits per heavy atom.